The third-order valence-electron chi connectivity index (χ3n) is 3.15. The van der Waals surface area contributed by atoms with Crippen LogP contribution in [0.1, 0.15) is 12.8 Å². The first-order valence-corrected chi connectivity index (χ1v) is 5.43. The Morgan fingerprint density at radius 3 is 2.67 bits per heavy atom. The Morgan fingerprint density at radius 2 is 2.27 bits per heavy atom. The normalized spacial score (nSPS) is 24.7. The number of likely N-dealkylation sites (N-methyl/N-ethyl adjacent to an activating group) is 1. The molecule has 1 heterocycles. The smallest absolute Gasteiger partial charge is 0.219 e. The van der Waals surface area contributed by atoms with Crippen molar-refractivity contribution in [3.8, 4) is 0 Å². The van der Waals surface area contributed by atoms with Gasteiger partial charge in [0.15, 0.2) is 0 Å². The second-order valence-corrected chi connectivity index (χ2v) is 4.46. The SMILES string of the molecule is CN(C)C1CCN(C(CN)CC(N)=O)C1. The zero-order valence-corrected chi connectivity index (χ0v) is 9.65. The summed E-state index contributed by atoms with van der Waals surface area (Å²) in [4.78, 5) is 15.4. The van der Waals surface area contributed by atoms with Crippen LogP contribution in [0.5, 0.6) is 0 Å². The second kappa shape index (κ2) is 5.44. The Kier molecular flexibility index (Phi) is 4.50. The monoisotopic (exact) mass is 214 g/mol. The summed E-state index contributed by atoms with van der Waals surface area (Å²) in [5.74, 6) is -0.265. The van der Waals surface area contributed by atoms with Crippen LogP contribution in [0, 0.1) is 0 Å². The first kappa shape index (κ1) is 12.4. The molecule has 1 saturated heterocycles. The van der Waals surface area contributed by atoms with Crippen LogP contribution in [-0.4, -0.2) is 61.5 Å². The summed E-state index contributed by atoms with van der Waals surface area (Å²) < 4.78 is 0. The van der Waals surface area contributed by atoms with E-state index in [4.69, 9.17) is 11.5 Å². The molecular weight excluding hydrogens is 192 g/mol. The Morgan fingerprint density at radius 1 is 1.60 bits per heavy atom. The van der Waals surface area contributed by atoms with E-state index in [1.54, 1.807) is 0 Å². The summed E-state index contributed by atoms with van der Waals surface area (Å²) in [6, 6.07) is 0.694. The molecule has 15 heavy (non-hydrogen) atoms. The lowest BCUT2D eigenvalue weighted by molar-refractivity contribution is -0.119. The molecular formula is C10H22N4O. The van der Waals surface area contributed by atoms with E-state index in [0.717, 1.165) is 19.5 Å². The van der Waals surface area contributed by atoms with Crippen LogP contribution >= 0.6 is 0 Å². The number of hydrogen-bond donors (Lipinski definition) is 2. The van der Waals surface area contributed by atoms with Gasteiger partial charge in [-0.15, -0.1) is 0 Å². The average Bonchev–Trinajstić information content (AvgIpc) is 2.62. The first-order valence-electron chi connectivity index (χ1n) is 5.43. The molecule has 2 atom stereocenters. The van der Waals surface area contributed by atoms with Gasteiger partial charge in [-0.25, -0.2) is 0 Å². The maximum absolute atomic E-state index is 10.9. The van der Waals surface area contributed by atoms with Crippen molar-refractivity contribution in [2.75, 3.05) is 33.7 Å². The molecule has 0 saturated carbocycles. The number of amides is 1. The highest BCUT2D eigenvalue weighted by Crippen LogP contribution is 2.17. The third-order valence-corrected chi connectivity index (χ3v) is 3.15. The van der Waals surface area contributed by atoms with E-state index >= 15 is 0 Å². The number of nitrogens with two attached hydrogens (primary N) is 2. The van der Waals surface area contributed by atoms with Gasteiger partial charge in [0, 0.05) is 38.1 Å². The van der Waals surface area contributed by atoms with Gasteiger partial charge in [-0.05, 0) is 20.5 Å². The zero-order chi connectivity index (χ0) is 11.4. The number of carbonyl (C=O) groups is 1. The van der Waals surface area contributed by atoms with Crippen LogP contribution in [0.4, 0.5) is 0 Å². The van der Waals surface area contributed by atoms with Crippen LogP contribution in [-0.2, 0) is 4.79 Å². The van der Waals surface area contributed by atoms with Gasteiger partial charge in [0.1, 0.15) is 0 Å². The summed E-state index contributed by atoms with van der Waals surface area (Å²) in [5, 5.41) is 0. The van der Waals surface area contributed by atoms with Crippen molar-refractivity contribution in [3.05, 3.63) is 0 Å². The van der Waals surface area contributed by atoms with E-state index in [1.807, 2.05) is 0 Å². The average molecular weight is 214 g/mol. The van der Waals surface area contributed by atoms with Crippen molar-refractivity contribution in [1.82, 2.24) is 9.80 Å². The van der Waals surface area contributed by atoms with Crippen molar-refractivity contribution in [3.63, 3.8) is 0 Å². The quantitative estimate of drug-likeness (QED) is 0.604. The standard InChI is InChI=1S/C10H22N4O/c1-13(2)8-3-4-14(7-8)9(6-11)5-10(12)15/h8-9H,3-7,11H2,1-2H3,(H2,12,15). The summed E-state index contributed by atoms with van der Waals surface area (Å²) in [5.41, 5.74) is 10.9. The molecule has 0 aromatic heterocycles. The van der Waals surface area contributed by atoms with Crippen molar-refractivity contribution < 1.29 is 4.79 Å². The minimum atomic E-state index is -0.265. The van der Waals surface area contributed by atoms with E-state index < -0.39 is 0 Å². The number of rotatable bonds is 5. The molecule has 0 aromatic carbocycles. The Hall–Kier alpha value is -0.650. The number of likely N-dealkylation sites (tertiary alicyclic amines) is 1. The highest BCUT2D eigenvalue weighted by molar-refractivity contribution is 5.74. The van der Waals surface area contributed by atoms with Crippen molar-refractivity contribution in [1.29, 1.82) is 0 Å². The van der Waals surface area contributed by atoms with Crippen molar-refractivity contribution in [2.45, 2.75) is 24.9 Å². The van der Waals surface area contributed by atoms with E-state index in [1.165, 1.54) is 0 Å². The van der Waals surface area contributed by atoms with E-state index in [0.29, 0.717) is 19.0 Å². The summed E-state index contributed by atoms with van der Waals surface area (Å²) in [6.07, 6.45) is 1.51. The minimum Gasteiger partial charge on any atom is -0.370 e. The fourth-order valence-corrected chi connectivity index (χ4v) is 2.11. The van der Waals surface area contributed by atoms with Gasteiger partial charge in [-0.3, -0.25) is 9.69 Å². The Bertz CT molecular complexity index is 219. The molecule has 1 fully saturated rings. The van der Waals surface area contributed by atoms with E-state index in [9.17, 15) is 4.79 Å². The molecule has 5 nitrogen and oxygen atoms in total. The van der Waals surface area contributed by atoms with Crippen molar-refractivity contribution in [2.24, 2.45) is 11.5 Å². The molecule has 0 bridgehead atoms. The van der Waals surface area contributed by atoms with Crippen LogP contribution in [0.25, 0.3) is 0 Å². The van der Waals surface area contributed by atoms with Crippen LogP contribution in [0.15, 0.2) is 0 Å². The van der Waals surface area contributed by atoms with Gasteiger partial charge in [-0.1, -0.05) is 0 Å². The molecule has 1 aliphatic heterocycles. The predicted octanol–water partition coefficient (Wildman–Crippen LogP) is -1.17. The lowest BCUT2D eigenvalue weighted by Gasteiger charge is -2.26. The molecule has 0 aromatic rings. The number of carbonyl (C=O) groups excluding carboxylic acids is 1. The second-order valence-electron chi connectivity index (χ2n) is 4.46. The maximum atomic E-state index is 10.9. The molecule has 0 radical (unpaired) electrons. The zero-order valence-electron chi connectivity index (χ0n) is 9.65. The molecule has 88 valence electrons. The number of hydrogen-bond acceptors (Lipinski definition) is 4. The molecule has 5 heteroatoms. The first-order chi connectivity index (χ1) is 7.04. The Labute approximate surface area is 91.4 Å². The number of nitrogens with zero attached hydrogens (tertiary/aromatic N) is 2. The highest BCUT2D eigenvalue weighted by Gasteiger charge is 2.29. The summed E-state index contributed by atoms with van der Waals surface area (Å²) in [7, 11) is 4.17. The Balaban J connectivity index is 2.46. The van der Waals surface area contributed by atoms with Gasteiger partial charge in [0.25, 0.3) is 0 Å². The molecule has 0 spiro atoms. The minimum absolute atomic E-state index is 0.118. The van der Waals surface area contributed by atoms with Crippen LogP contribution < -0.4 is 11.5 Å². The van der Waals surface area contributed by atoms with Gasteiger partial charge in [-0.2, -0.15) is 0 Å². The summed E-state index contributed by atoms with van der Waals surface area (Å²) in [6.45, 7) is 2.50. The van der Waals surface area contributed by atoms with Crippen molar-refractivity contribution >= 4 is 5.91 Å². The molecule has 0 aliphatic carbocycles. The van der Waals surface area contributed by atoms with E-state index in [-0.39, 0.29) is 11.9 Å². The fraction of sp³-hybridized carbons (Fsp3) is 0.900. The fourth-order valence-electron chi connectivity index (χ4n) is 2.11. The van der Waals surface area contributed by atoms with E-state index in [2.05, 4.69) is 23.9 Å². The van der Waals surface area contributed by atoms with Crippen LogP contribution in [0.2, 0.25) is 0 Å². The number of primary amides is 1. The molecule has 1 aliphatic rings. The third kappa shape index (κ3) is 3.44. The lowest BCUT2D eigenvalue weighted by atomic mass is 10.2. The molecule has 2 unspecified atom stereocenters. The lowest BCUT2D eigenvalue weighted by Crippen LogP contribution is -2.43. The molecule has 1 amide bonds. The van der Waals surface area contributed by atoms with Gasteiger partial charge in [0.05, 0.1) is 0 Å². The topological polar surface area (TPSA) is 75.6 Å². The van der Waals surface area contributed by atoms with Gasteiger partial charge in [0.2, 0.25) is 5.91 Å². The highest BCUT2D eigenvalue weighted by atomic mass is 16.1. The largest absolute Gasteiger partial charge is 0.370 e. The van der Waals surface area contributed by atoms with Gasteiger partial charge < -0.3 is 16.4 Å². The molecule has 4 N–H and O–H groups in total. The molecule has 1 rings (SSSR count). The van der Waals surface area contributed by atoms with Crippen LogP contribution in [0.3, 0.4) is 0 Å². The predicted molar refractivity (Wildman–Crippen MR) is 60.3 cm³/mol. The van der Waals surface area contributed by atoms with Gasteiger partial charge >= 0.3 is 0 Å². The maximum Gasteiger partial charge on any atom is 0.219 e. The summed E-state index contributed by atoms with van der Waals surface area (Å²) >= 11 is 0.